The lowest BCUT2D eigenvalue weighted by Gasteiger charge is -2.11. The number of ketones is 1. The second-order valence-corrected chi connectivity index (χ2v) is 5.50. The third kappa shape index (κ3) is 4.27. The molecule has 1 N–H and O–H groups in total. The van der Waals surface area contributed by atoms with E-state index in [2.05, 4.69) is 10.4 Å². The zero-order valence-corrected chi connectivity index (χ0v) is 13.1. The van der Waals surface area contributed by atoms with E-state index in [4.69, 9.17) is 5.26 Å². The number of carbonyl (C=O) groups is 2. The van der Waals surface area contributed by atoms with Crippen LogP contribution >= 0.6 is 0 Å². The lowest BCUT2D eigenvalue weighted by molar-refractivity contribution is -0.122. The molecule has 0 saturated carbocycles. The van der Waals surface area contributed by atoms with Crippen molar-refractivity contribution >= 4 is 11.7 Å². The first-order valence-electron chi connectivity index (χ1n) is 7.32. The minimum atomic E-state index is -1.35. The summed E-state index contributed by atoms with van der Waals surface area (Å²) in [6, 6.07) is 11.3. The Hall–Kier alpha value is -2.94. The summed E-state index contributed by atoms with van der Waals surface area (Å²) in [5, 5.41) is 15.8. The molecule has 1 amide bonds. The number of hydrogen-bond donors (Lipinski definition) is 1. The molecule has 1 atom stereocenters. The van der Waals surface area contributed by atoms with Gasteiger partial charge in [0.1, 0.15) is 0 Å². The third-order valence-corrected chi connectivity index (χ3v) is 3.19. The Morgan fingerprint density at radius 3 is 2.61 bits per heavy atom. The van der Waals surface area contributed by atoms with E-state index in [1.807, 2.05) is 30.3 Å². The smallest absolute Gasteiger partial charge is 0.245 e. The van der Waals surface area contributed by atoms with E-state index in [0.717, 1.165) is 5.56 Å². The van der Waals surface area contributed by atoms with E-state index in [-0.39, 0.29) is 11.6 Å². The zero-order chi connectivity index (χ0) is 16.8. The largest absolute Gasteiger partial charge is 0.352 e. The van der Waals surface area contributed by atoms with Crippen molar-refractivity contribution in [1.29, 1.82) is 5.26 Å². The molecule has 118 valence electrons. The van der Waals surface area contributed by atoms with Crippen molar-refractivity contribution in [3.05, 3.63) is 53.9 Å². The number of Topliss-reactive ketones (excluding diaryl/α,β-unsaturated/α-hetero) is 1. The fourth-order valence-electron chi connectivity index (χ4n) is 2.12. The molecule has 1 heterocycles. The second kappa shape index (κ2) is 7.36. The van der Waals surface area contributed by atoms with E-state index < -0.39 is 17.6 Å². The highest BCUT2D eigenvalue weighted by Crippen LogP contribution is 2.10. The molecule has 2 rings (SSSR count). The fourth-order valence-corrected chi connectivity index (χ4v) is 2.12. The predicted octanol–water partition coefficient (Wildman–Crippen LogP) is 1.78. The van der Waals surface area contributed by atoms with Gasteiger partial charge in [-0.2, -0.15) is 10.4 Å². The molecule has 0 saturated heterocycles. The molecular formula is C17H18N4O2. The van der Waals surface area contributed by atoms with Crippen molar-refractivity contribution in [2.75, 3.05) is 0 Å². The van der Waals surface area contributed by atoms with Crippen LogP contribution in [0.15, 0.2) is 42.7 Å². The molecule has 0 aliphatic carbocycles. The second-order valence-electron chi connectivity index (χ2n) is 5.50. The van der Waals surface area contributed by atoms with Crippen LogP contribution in [-0.2, 0) is 11.3 Å². The van der Waals surface area contributed by atoms with Crippen LogP contribution in [0.1, 0.15) is 29.8 Å². The average Bonchev–Trinajstić information content (AvgIpc) is 2.96. The highest BCUT2D eigenvalue weighted by molar-refractivity contribution is 6.11. The summed E-state index contributed by atoms with van der Waals surface area (Å²) < 4.78 is 1.61. The number of amides is 1. The number of nitrogens with zero attached hydrogens (tertiary/aromatic N) is 3. The number of nitriles is 1. The van der Waals surface area contributed by atoms with Crippen LogP contribution in [0.4, 0.5) is 0 Å². The molecule has 0 radical (unpaired) electrons. The summed E-state index contributed by atoms with van der Waals surface area (Å²) in [6.07, 6.45) is 2.95. The van der Waals surface area contributed by atoms with E-state index in [1.54, 1.807) is 30.8 Å². The highest BCUT2D eigenvalue weighted by Gasteiger charge is 2.28. The Balaban J connectivity index is 2.11. The van der Waals surface area contributed by atoms with Gasteiger partial charge in [-0.3, -0.25) is 14.3 Å². The molecule has 23 heavy (non-hydrogen) atoms. The van der Waals surface area contributed by atoms with Gasteiger partial charge in [0.25, 0.3) is 0 Å². The molecular weight excluding hydrogens is 292 g/mol. The SMILES string of the molecule is CC(C)NC(=O)[C@H](C#N)C(=O)c1cnn(Cc2ccccc2)c1. The first-order valence-corrected chi connectivity index (χ1v) is 7.32. The molecule has 6 heteroatoms. The van der Waals surface area contributed by atoms with Crippen molar-refractivity contribution in [3.8, 4) is 6.07 Å². The fraction of sp³-hybridized carbons (Fsp3) is 0.294. The van der Waals surface area contributed by atoms with Crippen LogP contribution in [0.2, 0.25) is 0 Å². The first kappa shape index (κ1) is 16.4. The summed E-state index contributed by atoms with van der Waals surface area (Å²) in [5.74, 6) is -2.47. The van der Waals surface area contributed by atoms with Gasteiger partial charge in [-0.05, 0) is 19.4 Å². The van der Waals surface area contributed by atoms with Gasteiger partial charge in [0.2, 0.25) is 5.91 Å². The molecule has 0 unspecified atom stereocenters. The Labute approximate surface area is 134 Å². The molecule has 6 nitrogen and oxygen atoms in total. The van der Waals surface area contributed by atoms with Crippen LogP contribution < -0.4 is 5.32 Å². The molecule has 0 bridgehead atoms. The lowest BCUT2D eigenvalue weighted by Crippen LogP contribution is -2.38. The monoisotopic (exact) mass is 310 g/mol. The van der Waals surface area contributed by atoms with Crippen molar-refractivity contribution in [3.63, 3.8) is 0 Å². The number of hydrogen-bond acceptors (Lipinski definition) is 4. The molecule has 2 aromatic rings. The number of benzene rings is 1. The Morgan fingerprint density at radius 2 is 2.00 bits per heavy atom. The zero-order valence-electron chi connectivity index (χ0n) is 13.1. The Morgan fingerprint density at radius 1 is 1.30 bits per heavy atom. The van der Waals surface area contributed by atoms with Gasteiger partial charge in [0.05, 0.1) is 24.4 Å². The minimum Gasteiger partial charge on any atom is -0.352 e. The van der Waals surface area contributed by atoms with Crippen LogP contribution in [0.5, 0.6) is 0 Å². The summed E-state index contributed by atoms with van der Waals surface area (Å²) in [7, 11) is 0. The maximum Gasteiger partial charge on any atom is 0.245 e. The average molecular weight is 310 g/mol. The van der Waals surface area contributed by atoms with E-state index in [1.165, 1.54) is 6.20 Å². The van der Waals surface area contributed by atoms with E-state index in [0.29, 0.717) is 6.54 Å². The number of carbonyl (C=O) groups excluding carboxylic acids is 2. The Bertz CT molecular complexity index is 729. The van der Waals surface area contributed by atoms with Gasteiger partial charge in [-0.25, -0.2) is 0 Å². The molecule has 0 fully saturated rings. The van der Waals surface area contributed by atoms with E-state index >= 15 is 0 Å². The summed E-state index contributed by atoms with van der Waals surface area (Å²) >= 11 is 0. The quantitative estimate of drug-likeness (QED) is 0.650. The summed E-state index contributed by atoms with van der Waals surface area (Å²) in [5.41, 5.74) is 1.30. The molecule has 0 aliphatic rings. The van der Waals surface area contributed by atoms with Crippen LogP contribution in [-0.4, -0.2) is 27.5 Å². The van der Waals surface area contributed by atoms with Gasteiger partial charge in [0.15, 0.2) is 11.7 Å². The molecule has 0 spiro atoms. The molecule has 1 aromatic heterocycles. The first-order chi connectivity index (χ1) is 11.0. The third-order valence-electron chi connectivity index (χ3n) is 3.19. The lowest BCUT2D eigenvalue weighted by atomic mass is 10.0. The number of nitrogens with one attached hydrogen (secondary N) is 1. The van der Waals surface area contributed by atoms with Gasteiger partial charge >= 0.3 is 0 Å². The normalized spacial score (nSPS) is 11.7. The summed E-state index contributed by atoms with van der Waals surface area (Å²) in [6.45, 7) is 4.06. The van der Waals surface area contributed by atoms with Crippen LogP contribution in [0.3, 0.4) is 0 Å². The Kier molecular flexibility index (Phi) is 5.26. The van der Waals surface area contributed by atoms with Gasteiger partial charge in [-0.15, -0.1) is 0 Å². The van der Waals surface area contributed by atoms with Crippen LogP contribution in [0.25, 0.3) is 0 Å². The number of aromatic nitrogens is 2. The number of rotatable bonds is 6. The molecule has 0 aliphatic heterocycles. The van der Waals surface area contributed by atoms with Gasteiger partial charge in [0, 0.05) is 12.2 Å². The highest BCUT2D eigenvalue weighted by atomic mass is 16.2. The molecule has 1 aromatic carbocycles. The van der Waals surface area contributed by atoms with E-state index in [9.17, 15) is 9.59 Å². The maximum atomic E-state index is 12.3. The van der Waals surface area contributed by atoms with Crippen molar-refractivity contribution in [2.45, 2.75) is 26.4 Å². The van der Waals surface area contributed by atoms with Crippen molar-refractivity contribution < 1.29 is 9.59 Å². The topological polar surface area (TPSA) is 87.8 Å². The minimum absolute atomic E-state index is 0.132. The van der Waals surface area contributed by atoms with Crippen molar-refractivity contribution in [2.24, 2.45) is 5.92 Å². The van der Waals surface area contributed by atoms with Crippen LogP contribution in [0, 0.1) is 17.2 Å². The van der Waals surface area contributed by atoms with Gasteiger partial charge in [-0.1, -0.05) is 30.3 Å². The maximum absolute atomic E-state index is 12.3. The standard InChI is InChI=1S/C17H18N4O2/c1-12(2)20-17(23)15(8-18)16(22)14-9-19-21(11-14)10-13-6-4-3-5-7-13/h3-7,9,11-12,15H,10H2,1-2H3,(H,20,23)/t15-/m1/s1. The predicted molar refractivity (Wildman–Crippen MR) is 84.5 cm³/mol. The summed E-state index contributed by atoms with van der Waals surface area (Å²) in [4.78, 5) is 24.2. The van der Waals surface area contributed by atoms with Crippen molar-refractivity contribution in [1.82, 2.24) is 15.1 Å². The van der Waals surface area contributed by atoms with Gasteiger partial charge < -0.3 is 5.32 Å².